The fourth-order valence-electron chi connectivity index (χ4n) is 5.73. The number of para-hydroxylation sites is 2. The first-order valence-electron chi connectivity index (χ1n) is 12.1. The molecule has 5 aromatic rings. The summed E-state index contributed by atoms with van der Waals surface area (Å²) in [6.07, 6.45) is 7.33. The average Bonchev–Trinajstić information content (AvgIpc) is 3.53. The van der Waals surface area contributed by atoms with Crippen LogP contribution in [0.1, 0.15) is 45.1 Å². The Labute approximate surface area is 195 Å². The van der Waals surface area contributed by atoms with Gasteiger partial charge in [-0.1, -0.05) is 87.4 Å². The van der Waals surface area contributed by atoms with Gasteiger partial charge in [0.1, 0.15) is 11.2 Å². The summed E-state index contributed by atoms with van der Waals surface area (Å²) < 4.78 is 6.61. The monoisotopic (exact) mass is 431 g/mol. The van der Waals surface area contributed by atoms with Crippen molar-refractivity contribution in [3.8, 4) is 22.4 Å². The van der Waals surface area contributed by atoms with Gasteiger partial charge in [-0.2, -0.15) is 0 Å². The number of nitrogens with zero attached hydrogens (tertiary/aromatic N) is 1. The van der Waals surface area contributed by atoms with Gasteiger partial charge in [-0.25, -0.2) is 0 Å². The Morgan fingerprint density at radius 2 is 1.42 bits per heavy atom. The molecular weight excluding hydrogens is 402 g/mol. The Balaban J connectivity index is 1.52. The second-order valence-corrected chi connectivity index (χ2v) is 9.97. The maximum Gasteiger partial charge on any atom is 0.144 e. The quantitative estimate of drug-likeness (QED) is 0.284. The molecule has 3 aromatic carbocycles. The lowest BCUT2D eigenvalue weighted by Gasteiger charge is -2.32. The van der Waals surface area contributed by atoms with Gasteiger partial charge in [-0.3, -0.25) is 4.98 Å². The van der Waals surface area contributed by atoms with Gasteiger partial charge in [0, 0.05) is 28.1 Å². The van der Waals surface area contributed by atoms with E-state index in [-0.39, 0.29) is 5.41 Å². The maximum atomic E-state index is 6.61. The summed E-state index contributed by atoms with van der Waals surface area (Å²) in [4.78, 5) is 4.79. The topological polar surface area (TPSA) is 26.0 Å². The highest BCUT2D eigenvalue weighted by Crippen LogP contribution is 2.43. The SMILES string of the molecule is CC(C)(c1ccnc(-c2cccc3c2oc2c(-c4ccccc4)cccc23)c1)C1CCCC1. The molecule has 1 saturated carbocycles. The zero-order chi connectivity index (χ0) is 22.4. The number of pyridine rings is 1. The zero-order valence-electron chi connectivity index (χ0n) is 19.3. The van der Waals surface area contributed by atoms with Crippen molar-refractivity contribution in [2.75, 3.05) is 0 Å². The van der Waals surface area contributed by atoms with Gasteiger partial charge in [0.05, 0.1) is 5.69 Å². The average molecular weight is 432 g/mol. The largest absolute Gasteiger partial charge is 0.455 e. The zero-order valence-corrected chi connectivity index (χ0v) is 19.3. The van der Waals surface area contributed by atoms with E-state index < -0.39 is 0 Å². The second kappa shape index (κ2) is 7.88. The molecule has 0 radical (unpaired) electrons. The standard InChI is InChI=1S/C31H29NO/c1-31(2,22-12-6-7-13-22)23-18-19-32-28(20-23)27-17-9-16-26-25-15-8-14-24(29(25)33-30(26)27)21-10-4-3-5-11-21/h3-5,8-11,14-20,22H,6-7,12-13H2,1-2H3. The van der Waals surface area contributed by atoms with E-state index in [0.717, 1.165) is 44.7 Å². The van der Waals surface area contributed by atoms with E-state index in [1.807, 2.05) is 12.3 Å². The Kier molecular flexibility index (Phi) is 4.83. The van der Waals surface area contributed by atoms with E-state index in [0.29, 0.717) is 0 Å². The number of hydrogen-bond acceptors (Lipinski definition) is 2. The van der Waals surface area contributed by atoms with Crippen molar-refractivity contribution in [1.29, 1.82) is 0 Å². The summed E-state index contributed by atoms with van der Waals surface area (Å²) in [5, 5.41) is 2.29. The molecule has 0 atom stereocenters. The minimum absolute atomic E-state index is 0.149. The number of fused-ring (bicyclic) bond motifs is 3. The van der Waals surface area contributed by atoms with E-state index in [9.17, 15) is 0 Å². The molecule has 0 unspecified atom stereocenters. The predicted octanol–water partition coefficient (Wildman–Crippen LogP) is 8.78. The van der Waals surface area contributed by atoms with Crippen LogP contribution in [0.5, 0.6) is 0 Å². The van der Waals surface area contributed by atoms with Gasteiger partial charge in [0.2, 0.25) is 0 Å². The van der Waals surface area contributed by atoms with Crippen molar-refractivity contribution in [2.24, 2.45) is 5.92 Å². The van der Waals surface area contributed by atoms with E-state index in [2.05, 4.69) is 86.6 Å². The van der Waals surface area contributed by atoms with Gasteiger partial charge < -0.3 is 4.42 Å². The molecule has 0 saturated heterocycles. The molecule has 2 aromatic heterocycles. The first-order valence-corrected chi connectivity index (χ1v) is 12.1. The molecule has 6 rings (SSSR count). The van der Waals surface area contributed by atoms with Gasteiger partial charge in [0.25, 0.3) is 0 Å². The summed E-state index contributed by atoms with van der Waals surface area (Å²) in [7, 11) is 0. The number of furan rings is 1. The van der Waals surface area contributed by atoms with Crippen molar-refractivity contribution in [3.63, 3.8) is 0 Å². The lowest BCUT2D eigenvalue weighted by atomic mass is 9.72. The molecule has 33 heavy (non-hydrogen) atoms. The van der Waals surface area contributed by atoms with E-state index in [4.69, 9.17) is 9.40 Å². The molecule has 2 nitrogen and oxygen atoms in total. The highest BCUT2D eigenvalue weighted by molar-refractivity contribution is 6.12. The molecule has 0 spiro atoms. The molecular formula is C31H29NO. The predicted molar refractivity (Wildman–Crippen MR) is 137 cm³/mol. The minimum Gasteiger partial charge on any atom is -0.455 e. The lowest BCUT2D eigenvalue weighted by Crippen LogP contribution is -2.26. The van der Waals surface area contributed by atoms with Crippen LogP contribution >= 0.6 is 0 Å². The molecule has 2 heterocycles. The first kappa shape index (κ1) is 20.2. The smallest absolute Gasteiger partial charge is 0.144 e. The van der Waals surface area contributed by atoms with Crippen LogP contribution in [0.3, 0.4) is 0 Å². The van der Waals surface area contributed by atoms with Crippen LogP contribution < -0.4 is 0 Å². The Bertz CT molecular complexity index is 1440. The normalized spacial score (nSPS) is 15.0. The third-order valence-corrected chi connectivity index (χ3v) is 7.76. The van der Waals surface area contributed by atoms with Crippen molar-refractivity contribution < 1.29 is 4.42 Å². The fourth-order valence-corrected chi connectivity index (χ4v) is 5.73. The van der Waals surface area contributed by atoms with E-state index in [1.165, 1.54) is 36.8 Å². The van der Waals surface area contributed by atoms with Crippen molar-refractivity contribution in [2.45, 2.75) is 44.9 Å². The third kappa shape index (κ3) is 3.36. The van der Waals surface area contributed by atoms with E-state index >= 15 is 0 Å². The van der Waals surface area contributed by atoms with Crippen molar-refractivity contribution in [1.82, 2.24) is 4.98 Å². The number of hydrogen-bond donors (Lipinski definition) is 0. The van der Waals surface area contributed by atoms with Crippen molar-refractivity contribution >= 4 is 21.9 Å². The molecule has 2 heteroatoms. The molecule has 0 aliphatic heterocycles. The summed E-state index contributed by atoms with van der Waals surface area (Å²) >= 11 is 0. The Morgan fingerprint density at radius 1 is 0.758 bits per heavy atom. The van der Waals surface area contributed by atoms with Crippen LogP contribution in [0, 0.1) is 5.92 Å². The lowest BCUT2D eigenvalue weighted by molar-refractivity contribution is 0.325. The van der Waals surface area contributed by atoms with Crippen LogP contribution in [0.2, 0.25) is 0 Å². The van der Waals surface area contributed by atoms with Crippen LogP contribution in [0.25, 0.3) is 44.3 Å². The molecule has 1 aliphatic carbocycles. The molecule has 0 bridgehead atoms. The molecule has 0 N–H and O–H groups in total. The van der Waals surface area contributed by atoms with Crippen LogP contribution in [-0.4, -0.2) is 4.98 Å². The highest BCUT2D eigenvalue weighted by Gasteiger charge is 2.33. The van der Waals surface area contributed by atoms with Crippen molar-refractivity contribution in [3.05, 3.63) is 90.6 Å². The Hall–Kier alpha value is -3.39. The van der Waals surface area contributed by atoms with Gasteiger partial charge in [-0.05, 0) is 53.5 Å². The first-order chi connectivity index (χ1) is 16.1. The Morgan fingerprint density at radius 3 is 2.15 bits per heavy atom. The summed E-state index contributed by atoms with van der Waals surface area (Å²) in [6.45, 7) is 4.80. The second-order valence-electron chi connectivity index (χ2n) is 9.97. The molecule has 1 fully saturated rings. The number of aromatic nitrogens is 1. The van der Waals surface area contributed by atoms with Crippen LogP contribution in [-0.2, 0) is 5.41 Å². The number of rotatable bonds is 4. The van der Waals surface area contributed by atoms with E-state index in [1.54, 1.807) is 0 Å². The van der Waals surface area contributed by atoms with Crippen LogP contribution in [0.15, 0.2) is 89.5 Å². The molecule has 164 valence electrons. The molecule has 0 amide bonds. The van der Waals surface area contributed by atoms with Gasteiger partial charge in [0.15, 0.2) is 0 Å². The third-order valence-electron chi connectivity index (χ3n) is 7.76. The van der Waals surface area contributed by atoms with Gasteiger partial charge >= 0.3 is 0 Å². The van der Waals surface area contributed by atoms with Crippen LogP contribution in [0.4, 0.5) is 0 Å². The maximum absolute atomic E-state index is 6.61. The summed E-state index contributed by atoms with van der Waals surface area (Å²) in [6, 6.07) is 27.8. The highest BCUT2D eigenvalue weighted by atomic mass is 16.3. The minimum atomic E-state index is 0.149. The fraction of sp³-hybridized carbons (Fsp3) is 0.258. The number of benzene rings is 3. The summed E-state index contributed by atoms with van der Waals surface area (Å²) in [5.74, 6) is 0.739. The summed E-state index contributed by atoms with van der Waals surface area (Å²) in [5.41, 5.74) is 7.72. The molecule has 1 aliphatic rings. The van der Waals surface area contributed by atoms with Gasteiger partial charge in [-0.15, -0.1) is 0 Å².